The van der Waals surface area contributed by atoms with Crippen molar-refractivity contribution in [3.8, 4) is 5.75 Å². The zero-order chi connectivity index (χ0) is 11.8. The number of carbonyl (C=O) groups is 1. The minimum Gasteiger partial charge on any atom is -0.496 e. The first-order chi connectivity index (χ1) is 7.57. The van der Waals surface area contributed by atoms with Crippen LogP contribution in [0.2, 0.25) is 0 Å². The van der Waals surface area contributed by atoms with Crippen molar-refractivity contribution < 1.29 is 14.6 Å². The fourth-order valence-corrected chi connectivity index (χ4v) is 2.29. The molecule has 1 atom stereocenters. The third-order valence-electron chi connectivity index (χ3n) is 3.38. The minimum absolute atomic E-state index is 0.152. The number of aliphatic hydroxyl groups is 1. The van der Waals surface area contributed by atoms with Gasteiger partial charge in [0.1, 0.15) is 11.4 Å². The van der Waals surface area contributed by atoms with Crippen molar-refractivity contribution >= 4 is 5.78 Å². The van der Waals surface area contributed by atoms with Crippen molar-refractivity contribution in [2.75, 3.05) is 7.11 Å². The van der Waals surface area contributed by atoms with E-state index in [2.05, 4.69) is 0 Å². The average molecular weight is 220 g/mol. The van der Waals surface area contributed by atoms with Crippen LogP contribution < -0.4 is 4.74 Å². The van der Waals surface area contributed by atoms with Crippen LogP contribution in [0.1, 0.15) is 24.5 Å². The van der Waals surface area contributed by atoms with Crippen LogP contribution in [0.5, 0.6) is 5.75 Å². The molecule has 1 aromatic rings. The Morgan fingerprint density at radius 1 is 1.50 bits per heavy atom. The van der Waals surface area contributed by atoms with Crippen LogP contribution in [0, 0.1) is 0 Å². The molecule has 3 nitrogen and oxygen atoms in total. The lowest BCUT2D eigenvalue weighted by atomic mass is 9.78. The number of rotatable bonds is 2. The molecule has 0 spiro atoms. The molecule has 16 heavy (non-hydrogen) atoms. The lowest BCUT2D eigenvalue weighted by Crippen LogP contribution is -2.42. The number of fused-ring (bicyclic) bond motifs is 1. The molecule has 0 bridgehead atoms. The Labute approximate surface area is 95.0 Å². The van der Waals surface area contributed by atoms with Crippen LogP contribution in [0.3, 0.4) is 0 Å². The maximum absolute atomic E-state index is 11.4. The summed E-state index contributed by atoms with van der Waals surface area (Å²) in [5.74, 6) is 0.698. The number of Topliss-reactive ketones (excluding diaryl/α,β-unsaturated/α-hetero) is 1. The van der Waals surface area contributed by atoms with Crippen LogP contribution in [0.15, 0.2) is 18.2 Å². The molecule has 1 aliphatic rings. The van der Waals surface area contributed by atoms with E-state index in [4.69, 9.17) is 4.74 Å². The normalized spacial score (nSPS) is 23.7. The number of carbonyl (C=O) groups excluding carboxylic acids is 1. The van der Waals surface area contributed by atoms with Gasteiger partial charge in [0.2, 0.25) is 0 Å². The summed E-state index contributed by atoms with van der Waals surface area (Å²) < 4.78 is 5.27. The van der Waals surface area contributed by atoms with Gasteiger partial charge in [-0.3, -0.25) is 4.79 Å². The van der Waals surface area contributed by atoms with Gasteiger partial charge in [0.15, 0.2) is 5.78 Å². The first-order valence-corrected chi connectivity index (χ1v) is 5.45. The first-order valence-electron chi connectivity index (χ1n) is 5.45. The molecule has 0 fully saturated rings. The second-order valence-corrected chi connectivity index (χ2v) is 4.36. The van der Waals surface area contributed by atoms with E-state index in [1.807, 2.05) is 18.2 Å². The Morgan fingerprint density at radius 3 is 2.88 bits per heavy atom. The number of benzene rings is 1. The monoisotopic (exact) mass is 220 g/mol. The highest BCUT2D eigenvalue weighted by Crippen LogP contribution is 2.34. The molecular weight excluding hydrogens is 204 g/mol. The maximum atomic E-state index is 11.4. The van der Waals surface area contributed by atoms with E-state index in [1.54, 1.807) is 7.11 Å². The zero-order valence-corrected chi connectivity index (χ0v) is 9.62. The molecule has 3 heteroatoms. The largest absolute Gasteiger partial charge is 0.496 e. The van der Waals surface area contributed by atoms with E-state index in [1.165, 1.54) is 6.92 Å². The van der Waals surface area contributed by atoms with Gasteiger partial charge < -0.3 is 9.84 Å². The molecular formula is C13H16O3. The van der Waals surface area contributed by atoms with Gasteiger partial charge in [-0.2, -0.15) is 0 Å². The van der Waals surface area contributed by atoms with Gasteiger partial charge in [-0.05, 0) is 37.0 Å². The molecule has 1 aliphatic carbocycles. The fraction of sp³-hybridized carbons (Fsp3) is 0.462. The molecule has 0 heterocycles. The van der Waals surface area contributed by atoms with Gasteiger partial charge in [-0.15, -0.1) is 0 Å². The van der Waals surface area contributed by atoms with Gasteiger partial charge >= 0.3 is 0 Å². The third kappa shape index (κ3) is 1.71. The molecule has 0 saturated heterocycles. The second kappa shape index (κ2) is 3.91. The van der Waals surface area contributed by atoms with Gasteiger partial charge in [0, 0.05) is 6.42 Å². The first kappa shape index (κ1) is 11.1. The van der Waals surface area contributed by atoms with Crippen LogP contribution in [-0.4, -0.2) is 23.6 Å². The molecule has 0 radical (unpaired) electrons. The third-order valence-corrected chi connectivity index (χ3v) is 3.38. The molecule has 1 unspecified atom stereocenters. The van der Waals surface area contributed by atoms with E-state index in [-0.39, 0.29) is 5.78 Å². The Kier molecular flexibility index (Phi) is 2.72. The van der Waals surface area contributed by atoms with Gasteiger partial charge in [0.25, 0.3) is 0 Å². The molecule has 0 amide bonds. The molecule has 0 aliphatic heterocycles. The van der Waals surface area contributed by atoms with Crippen molar-refractivity contribution in [1.82, 2.24) is 0 Å². The van der Waals surface area contributed by atoms with Crippen LogP contribution in [-0.2, 0) is 17.6 Å². The minimum atomic E-state index is -1.18. The predicted octanol–water partition coefficient (Wildman–Crippen LogP) is 1.50. The summed E-state index contributed by atoms with van der Waals surface area (Å²) in [6.45, 7) is 1.45. The predicted molar refractivity (Wildman–Crippen MR) is 60.6 cm³/mol. The molecule has 0 saturated carbocycles. The summed E-state index contributed by atoms with van der Waals surface area (Å²) in [6, 6.07) is 5.76. The van der Waals surface area contributed by atoms with E-state index in [9.17, 15) is 9.90 Å². The number of ketones is 1. The summed E-state index contributed by atoms with van der Waals surface area (Å²) in [4.78, 5) is 11.4. The van der Waals surface area contributed by atoms with Gasteiger partial charge in [-0.1, -0.05) is 12.1 Å². The summed E-state index contributed by atoms with van der Waals surface area (Å²) >= 11 is 0. The topological polar surface area (TPSA) is 46.5 Å². The summed E-state index contributed by atoms with van der Waals surface area (Å²) in [7, 11) is 1.64. The van der Waals surface area contributed by atoms with E-state index in [0.29, 0.717) is 19.3 Å². The Bertz CT molecular complexity index is 425. The highest BCUT2D eigenvalue weighted by molar-refractivity contribution is 5.85. The number of hydrogen-bond donors (Lipinski definition) is 1. The molecule has 1 N–H and O–H groups in total. The Morgan fingerprint density at radius 2 is 2.25 bits per heavy atom. The van der Waals surface area contributed by atoms with E-state index in [0.717, 1.165) is 16.9 Å². The van der Waals surface area contributed by atoms with Crippen molar-refractivity contribution in [3.05, 3.63) is 29.3 Å². The quantitative estimate of drug-likeness (QED) is 0.821. The highest BCUT2D eigenvalue weighted by atomic mass is 16.5. The number of methoxy groups -OCH3 is 1. The highest BCUT2D eigenvalue weighted by Gasteiger charge is 2.37. The number of ether oxygens (including phenoxy) is 1. The molecule has 86 valence electrons. The van der Waals surface area contributed by atoms with Crippen molar-refractivity contribution in [2.24, 2.45) is 0 Å². The summed E-state index contributed by atoms with van der Waals surface area (Å²) in [5, 5.41) is 10.2. The Hall–Kier alpha value is -1.35. The van der Waals surface area contributed by atoms with E-state index < -0.39 is 5.60 Å². The smallest absolute Gasteiger partial charge is 0.161 e. The lowest BCUT2D eigenvalue weighted by molar-refractivity contribution is -0.136. The van der Waals surface area contributed by atoms with Gasteiger partial charge in [-0.25, -0.2) is 0 Å². The molecule has 1 aromatic carbocycles. The van der Waals surface area contributed by atoms with Gasteiger partial charge in [0.05, 0.1) is 7.11 Å². The maximum Gasteiger partial charge on any atom is 0.161 e. The SMILES string of the molecule is COc1cccc2c1CCC(O)(C(C)=O)C2. The zero-order valence-electron chi connectivity index (χ0n) is 9.62. The van der Waals surface area contributed by atoms with E-state index >= 15 is 0 Å². The standard InChI is InChI=1S/C13H16O3/c1-9(14)13(15)7-6-11-10(8-13)4-3-5-12(11)16-2/h3-5,15H,6-8H2,1-2H3. The summed E-state index contributed by atoms with van der Waals surface area (Å²) in [6.07, 6.45) is 1.57. The molecule has 2 rings (SSSR count). The van der Waals surface area contributed by atoms with Crippen molar-refractivity contribution in [1.29, 1.82) is 0 Å². The van der Waals surface area contributed by atoms with Crippen LogP contribution in [0.25, 0.3) is 0 Å². The van der Waals surface area contributed by atoms with Crippen LogP contribution >= 0.6 is 0 Å². The number of hydrogen-bond acceptors (Lipinski definition) is 3. The summed E-state index contributed by atoms with van der Waals surface area (Å²) in [5.41, 5.74) is 0.957. The molecule has 0 aromatic heterocycles. The van der Waals surface area contributed by atoms with Crippen molar-refractivity contribution in [3.63, 3.8) is 0 Å². The average Bonchev–Trinajstić information content (AvgIpc) is 2.27. The fourth-order valence-electron chi connectivity index (χ4n) is 2.29. The van der Waals surface area contributed by atoms with Crippen LogP contribution in [0.4, 0.5) is 0 Å². The Balaban J connectivity index is 2.39. The van der Waals surface area contributed by atoms with Crippen molar-refractivity contribution in [2.45, 2.75) is 31.8 Å². The second-order valence-electron chi connectivity index (χ2n) is 4.36. The lowest BCUT2D eigenvalue weighted by Gasteiger charge is -2.31.